The molecular weight excluding hydrogens is 358 g/mol. The Kier molecular flexibility index (Phi) is 7.05. The summed E-state index contributed by atoms with van der Waals surface area (Å²) in [5.41, 5.74) is 0.614. The SMILES string of the molecule is CSCCC(NC(=O)Nc1ccc(Br)cc1C#N)C(=O)O. The summed E-state index contributed by atoms with van der Waals surface area (Å²) < 4.78 is 0.716. The van der Waals surface area contributed by atoms with Gasteiger partial charge in [-0.1, -0.05) is 15.9 Å². The zero-order valence-corrected chi connectivity index (χ0v) is 13.6. The van der Waals surface area contributed by atoms with E-state index in [2.05, 4.69) is 26.6 Å². The average molecular weight is 372 g/mol. The topological polar surface area (TPSA) is 102 Å². The number of carbonyl (C=O) groups excluding carboxylic acids is 1. The number of amides is 2. The van der Waals surface area contributed by atoms with Gasteiger partial charge in [0.05, 0.1) is 11.3 Å². The lowest BCUT2D eigenvalue weighted by molar-refractivity contribution is -0.139. The van der Waals surface area contributed by atoms with Crippen LogP contribution >= 0.6 is 27.7 Å². The third-order valence-electron chi connectivity index (χ3n) is 2.56. The van der Waals surface area contributed by atoms with E-state index in [1.807, 2.05) is 12.3 Å². The molecule has 0 saturated heterocycles. The minimum Gasteiger partial charge on any atom is -0.480 e. The average Bonchev–Trinajstić information content (AvgIpc) is 2.44. The minimum absolute atomic E-state index is 0.288. The van der Waals surface area contributed by atoms with E-state index in [4.69, 9.17) is 10.4 Å². The maximum Gasteiger partial charge on any atom is 0.326 e. The van der Waals surface area contributed by atoms with Gasteiger partial charge in [0, 0.05) is 4.47 Å². The van der Waals surface area contributed by atoms with E-state index in [1.165, 1.54) is 11.8 Å². The number of thioether (sulfide) groups is 1. The second kappa shape index (κ2) is 8.54. The van der Waals surface area contributed by atoms with Gasteiger partial charge in [-0.2, -0.15) is 17.0 Å². The van der Waals surface area contributed by atoms with Crippen LogP contribution in [0.4, 0.5) is 10.5 Å². The molecular formula is C13H14BrN3O3S. The monoisotopic (exact) mass is 371 g/mol. The Bertz CT molecular complexity index is 574. The summed E-state index contributed by atoms with van der Waals surface area (Å²) in [6.45, 7) is 0. The third-order valence-corrected chi connectivity index (χ3v) is 3.70. The molecule has 0 spiro atoms. The molecule has 1 rings (SSSR count). The van der Waals surface area contributed by atoms with E-state index >= 15 is 0 Å². The predicted molar refractivity (Wildman–Crippen MR) is 85.4 cm³/mol. The van der Waals surface area contributed by atoms with Crippen LogP contribution < -0.4 is 10.6 Å². The van der Waals surface area contributed by atoms with Crippen molar-refractivity contribution in [2.24, 2.45) is 0 Å². The Labute approximate surface area is 135 Å². The molecule has 1 atom stereocenters. The molecule has 0 saturated carbocycles. The van der Waals surface area contributed by atoms with Crippen LogP contribution in [0.2, 0.25) is 0 Å². The maximum atomic E-state index is 11.8. The molecule has 2 amide bonds. The first-order valence-corrected chi connectivity index (χ1v) is 8.15. The summed E-state index contributed by atoms with van der Waals surface area (Å²) in [5.74, 6) is -0.464. The summed E-state index contributed by atoms with van der Waals surface area (Å²) in [6, 6.07) is 5.17. The first kappa shape index (κ1) is 17.3. The number of carboxylic acids is 1. The molecule has 0 fully saturated rings. The summed E-state index contributed by atoms with van der Waals surface area (Å²) >= 11 is 4.73. The number of nitrogens with one attached hydrogen (secondary N) is 2. The van der Waals surface area contributed by atoms with Crippen LogP contribution in [-0.2, 0) is 4.79 Å². The molecule has 0 heterocycles. The molecule has 8 heteroatoms. The number of urea groups is 1. The van der Waals surface area contributed by atoms with Gasteiger partial charge in [0.1, 0.15) is 12.1 Å². The number of hydrogen-bond donors (Lipinski definition) is 3. The van der Waals surface area contributed by atoms with Crippen molar-refractivity contribution in [1.82, 2.24) is 5.32 Å². The fourth-order valence-electron chi connectivity index (χ4n) is 1.53. The number of carbonyl (C=O) groups is 2. The van der Waals surface area contributed by atoms with Crippen LogP contribution in [0, 0.1) is 11.3 Å². The fourth-order valence-corrected chi connectivity index (χ4v) is 2.36. The molecule has 0 aliphatic heterocycles. The number of aliphatic carboxylic acids is 1. The fraction of sp³-hybridized carbons (Fsp3) is 0.308. The summed E-state index contributed by atoms with van der Waals surface area (Å²) in [4.78, 5) is 22.9. The molecule has 0 radical (unpaired) electrons. The Morgan fingerprint density at radius 1 is 1.52 bits per heavy atom. The van der Waals surface area contributed by atoms with Crippen LogP contribution in [0.15, 0.2) is 22.7 Å². The second-order valence-electron chi connectivity index (χ2n) is 4.07. The van der Waals surface area contributed by atoms with Crippen molar-refractivity contribution in [1.29, 1.82) is 5.26 Å². The first-order chi connectivity index (χ1) is 9.97. The number of nitrogens with zero attached hydrogens (tertiary/aromatic N) is 1. The van der Waals surface area contributed by atoms with Gasteiger partial charge in [-0.05, 0) is 36.6 Å². The van der Waals surface area contributed by atoms with Crippen molar-refractivity contribution in [3.8, 4) is 6.07 Å². The lowest BCUT2D eigenvalue weighted by atomic mass is 10.2. The standard InChI is InChI=1S/C13H14BrN3O3S/c1-21-5-4-11(12(18)19)17-13(20)16-10-3-2-9(14)6-8(10)7-15/h2-3,6,11H,4-5H2,1H3,(H,18,19)(H2,16,17,20). The Morgan fingerprint density at radius 2 is 2.24 bits per heavy atom. The van der Waals surface area contributed by atoms with Crippen molar-refractivity contribution in [3.63, 3.8) is 0 Å². The highest BCUT2D eigenvalue weighted by Gasteiger charge is 2.19. The van der Waals surface area contributed by atoms with Crippen molar-refractivity contribution < 1.29 is 14.7 Å². The number of rotatable bonds is 6. The van der Waals surface area contributed by atoms with E-state index in [9.17, 15) is 9.59 Å². The zero-order valence-electron chi connectivity index (χ0n) is 11.2. The molecule has 1 unspecified atom stereocenters. The molecule has 3 N–H and O–H groups in total. The quantitative estimate of drug-likeness (QED) is 0.713. The number of hydrogen-bond acceptors (Lipinski definition) is 4. The molecule has 0 aromatic heterocycles. The van der Waals surface area contributed by atoms with Crippen LogP contribution in [0.5, 0.6) is 0 Å². The van der Waals surface area contributed by atoms with Crippen LogP contribution in [0.25, 0.3) is 0 Å². The van der Waals surface area contributed by atoms with Crippen LogP contribution in [-0.4, -0.2) is 35.2 Å². The van der Waals surface area contributed by atoms with Crippen molar-refractivity contribution in [2.75, 3.05) is 17.3 Å². The molecule has 112 valence electrons. The van der Waals surface area contributed by atoms with Crippen molar-refractivity contribution >= 4 is 45.4 Å². The smallest absolute Gasteiger partial charge is 0.326 e. The molecule has 21 heavy (non-hydrogen) atoms. The van der Waals surface area contributed by atoms with Crippen LogP contribution in [0.1, 0.15) is 12.0 Å². The molecule has 1 aromatic carbocycles. The lowest BCUT2D eigenvalue weighted by Gasteiger charge is -2.15. The van der Waals surface area contributed by atoms with Gasteiger partial charge >= 0.3 is 12.0 Å². The largest absolute Gasteiger partial charge is 0.480 e. The number of carboxylic acid groups (broad SMARTS) is 1. The minimum atomic E-state index is -1.09. The number of benzene rings is 1. The lowest BCUT2D eigenvalue weighted by Crippen LogP contribution is -2.43. The van der Waals surface area contributed by atoms with E-state index in [0.29, 0.717) is 22.3 Å². The van der Waals surface area contributed by atoms with E-state index < -0.39 is 18.0 Å². The van der Waals surface area contributed by atoms with E-state index in [-0.39, 0.29) is 5.56 Å². The van der Waals surface area contributed by atoms with Gasteiger partial charge in [0.25, 0.3) is 0 Å². The summed E-state index contributed by atoms with van der Waals surface area (Å²) in [5, 5.41) is 22.9. The Morgan fingerprint density at radius 3 is 2.81 bits per heavy atom. The van der Waals surface area contributed by atoms with Crippen molar-refractivity contribution in [2.45, 2.75) is 12.5 Å². The van der Waals surface area contributed by atoms with Gasteiger partial charge < -0.3 is 15.7 Å². The van der Waals surface area contributed by atoms with E-state index in [1.54, 1.807) is 18.2 Å². The highest BCUT2D eigenvalue weighted by atomic mass is 79.9. The van der Waals surface area contributed by atoms with Gasteiger partial charge in [0.2, 0.25) is 0 Å². The molecule has 6 nitrogen and oxygen atoms in total. The zero-order chi connectivity index (χ0) is 15.8. The van der Waals surface area contributed by atoms with E-state index in [0.717, 1.165) is 0 Å². The predicted octanol–water partition coefficient (Wildman–Crippen LogP) is 2.65. The molecule has 1 aromatic rings. The van der Waals surface area contributed by atoms with Gasteiger partial charge in [-0.3, -0.25) is 0 Å². The normalized spacial score (nSPS) is 11.3. The van der Waals surface area contributed by atoms with Gasteiger partial charge in [-0.25, -0.2) is 9.59 Å². The number of anilines is 1. The Hall–Kier alpha value is -1.72. The van der Waals surface area contributed by atoms with Gasteiger partial charge in [-0.15, -0.1) is 0 Å². The number of nitriles is 1. The second-order valence-corrected chi connectivity index (χ2v) is 5.97. The van der Waals surface area contributed by atoms with Crippen molar-refractivity contribution in [3.05, 3.63) is 28.2 Å². The van der Waals surface area contributed by atoms with Gasteiger partial charge in [0.15, 0.2) is 0 Å². The molecule has 0 aliphatic rings. The summed E-state index contributed by atoms with van der Waals surface area (Å²) in [7, 11) is 0. The first-order valence-electron chi connectivity index (χ1n) is 5.96. The molecule has 0 aliphatic carbocycles. The highest BCUT2D eigenvalue weighted by molar-refractivity contribution is 9.10. The maximum absolute atomic E-state index is 11.8. The van der Waals surface area contributed by atoms with Crippen LogP contribution in [0.3, 0.4) is 0 Å². The number of halogens is 1. The highest BCUT2D eigenvalue weighted by Crippen LogP contribution is 2.20. The molecule has 0 bridgehead atoms. The summed E-state index contributed by atoms with van der Waals surface area (Å²) in [6.07, 6.45) is 2.19. The third kappa shape index (κ3) is 5.65. The Balaban J connectivity index is 2.72.